The van der Waals surface area contributed by atoms with Crippen molar-refractivity contribution in [3.8, 4) is 0 Å². The highest BCUT2D eigenvalue weighted by Crippen LogP contribution is 2.53. The largest absolute Gasteiger partial charge is 0.348 e. The zero-order valence-electron chi connectivity index (χ0n) is 20.1. The van der Waals surface area contributed by atoms with E-state index in [9.17, 15) is 0 Å². The standard InChI is InChI=1S/C30H31NO5/c1-4-11-21(12-5-1)19-32-29-25-27(36-30(17-10-18-31(25)30)23-15-8-3-9-16-23)26-24(34-29)20-33-28(35-26)22-13-6-2-7-14-22/h1-9,11-16,24-29H,10,17-20H2/t24-,25-,26-,27+,28?,29-,30+/m1/s1. The Morgan fingerprint density at radius 1 is 0.833 bits per heavy atom. The smallest absolute Gasteiger partial charge is 0.184 e. The van der Waals surface area contributed by atoms with Gasteiger partial charge in [-0.1, -0.05) is 91.0 Å². The summed E-state index contributed by atoms with van der Waals surface area (Å²) in [5.74, 6) is 0. The summed E-state index contributed by atoms with van der Waals surface area (Å²) in [6.45, 7) is 1.84. The fraction of sp³-hybridized carbons (Fsp3) is 0.400. The average Bonchev–Trinajstić information content (AvgIpc) is 3.51. The number of hydrogen-bond donors (Lipinski definition) is 0. The first-order chi connectivity index (χ1) is 17.8. The molecule has 0 aromatic heterocycles. The number of fused-ring (bicyclic) bond motifs is 5. The lowest BCUT2D eigenvalue weighted by Crippen LogP contribution is -2.63. The van der Waals surface area contributed by atoms with Crippen LogP contribution >= 0.6 is 0 Å². The Hall–Kier alpha value is -2.58. The Kier molecular flexibility index (Phi) is 5.89. The second-order valence-corrected chi connectivity index (χ2v) is 10.0. The first-order valence-corrected chi connectivity index (χ1v) is 12.9. The molecule has 4 heterocycles. The van der Waals surface area contributed by atoms with E-state index < -0.39 is 18.3 Å². The maximum atomic E-state index is 7.08. The van der Waals surface area contributed by atoms with Crippen molar-refractivity contribution >= 4 is 0 Å². The van der Waals surface area contributed by atoms with E-state index in [-0.39, 0.29) is 24.4 Å². The fourth-order valence-corrected chi connectivity index (χ4v) is 6.32. The zero-order valence-corrected chi connectivity index (χ0v) is 20.1. The van der Waals surface area contributed by atoms with Crippen LogP contribution in [0.2, 0.25) is 0 Å². The molecule has 6 heteroatoms. The van der Waals surface area contributed by atoms with Gasteiger partial charge in [-0.05, 0) is 24.0 Å². The number of benzene rings is 3. The van der Waals surface area contributed by atoms with Gasteiger partial charge in [-0.15, -0.1) is 0 Å². The maximum absolute atomic E-state index is 7.08. The molecule has 7 rings (SSSR count). The summed E-state index contributed by atoms with van der Waals surface area (Å²) in [5.41, 5.74) is 2.82. The molecule has 4 fully saturated rings. The Balaban J connectivity index is 1.22. The van der Waals surface area contributed by atoms with Crippen molar-refractivity contribution in [2.45, 2.75) is 62.1 Å². The van der Waals surface area contributed by atoms with Crippen molar-refractivity contribution in [3.63, 3.8) is 0 Å². The van der Waals surface area contributed by atoms with Gasteiger partial charge in [0.15, 0.2) is 12.6 Å². The van der Waals surface area contributed by atoms with Crippen LogP contribution in [0.1, 0.15) is 35.8 Å². The summed E-state index contributed by atoms with van der Waals surface area (Å²) in [6.07, 6.45) is 0.405. The van der Waals surface area contributed by atoms with E-state index in [1.165, 1.54) is 5.56 Å². The van der Waals surface area contributed by atoms with E-state index in [1.54, 1.807) is 0 Å². The molecular weight excluding hydrogens is 454 g/mol. The van der Waals surface area contributed by atoms with Crippen LogP contribution < -0.4 is 0 Å². The molecule has 7 atom stereocenters. The normalized spacial score (nSPS) is 35.7. The second kappa shape index (κ2) is 9.38. The molecule has 0 aliphatic carbocycles. The molecule has 0 saturated carbocycles. The molecule has 1 unspecified atom stereocenters. The molecule has 4 aliphatic heterocycles. The topological polar surface area (TPSA) is 49.4 Å². The predicted molar refractivity (Wildman–Crippen MR) is 133 cm³/mol. The van der Waals surface area contributed by atoms with E-state index in [0.717, 1.165) is 30.5 Å². The van der Waals surface area contributed by atoms with Gasteiger partial charge < -0.3 is 23.7 Å². The third-order valence-corrected chi connectivity index (χ3v) is 7.93. The molecule has 0 N–H and O–H groups in total. The van der Waals surface area contributed by atoms with E-state index in [1.807, 2.05) is 48.5 Å². The first-order valence-electron chi connectivity index (χ1n) is 12.9. The third-order valence-electron chi connectivity index (χ3n) is 7.93. The molecule has 0 radical (unpaired) electrons. The van der Waals surface area contributed by atoms with Crippen LogP contribution in [0.25, 0.3) is 0 Å². The number of ether oxygens (including phenoxy) is 5. The van der Waals surface area contributed by atoms with Gasteiger partial charge in [0.2, 0.25) is 0 Å². The SMILES string of the molecule is c1ccc(CO[C@@H]2O[C@@H]3COC(c4ccccc4)O[C@H]3[C@H]3O[C@]4(c5ccccc5)CCCN4[C@@H]23)cc1. The van der Waals surface area contributed by atoms with Crippen LogP contribution in [0.15, 0.2) is 91.0 Å². The van der Waals surface area contributed by atoms with Gasteiger partial charge in [0.1, 0.15) is 24.0 Å². The lowest BCUT2D eigenvalue weighted by atomic mass is 9.95. The van der Waals surface area contributed by atoms with Gasteiger partial charge >= 0.3 is 0 Å². The van der Waals surface area contributed by atoms with Crippen molar-refractivity contribution in [2.24, 2.45) is 0 Å². The van der Waals surface area contributed by atoms with E-state index in [4.69, 9.17) is 23.7 Å². The maximum Gasteiger partial charge on any atom is 0.184 e. The van der Waals surface area contributed by atoms with Gasteiger partial charge in [-0.3, -0.25) is 4.90 Å². The van der Waals surface area contributed by atoms with Gasteiger partial charge in [0.05, 0.1) is 19.3 Å². The molecule has 0 amide bonds. The summed E-state index contributed by atoms with van der Waals surface area (Å²) >= 11 is 0. The Morgan fingerprint density at radius 2 is 1.56 bits per heavy atom. The molecule has 186 valence electrons. The van der Waals surface area contributed by atoms with Crippen LogP contribution in [0.3, 0.4) is 0 Å². The van der Waals surface area contributed by atoms with Crippen LogP contribution in [0.5, 0.6) is 0 Å². The van der Waals surface area contributed by atoms with Gasteiger partial charge in [-0.25, -0.2) is 0 Å². The van der Waals surface area contributed by atoms with Gasteiger partial charge in [0, 0.05) is 12.1 Å². The highest BCUT2D eigenvalue weighted by atomic mass is 16.8. The van der Waals surface area contributed by atoms with E-state index in [2.05, 4.69) is 47.4 Å². The first kappa shape index (κ1) is 22.6. The summed E-state index contributed by atoms with van der Waals surface area (Å²) in [6, 6.07) is 30.8. The molecule has 3 aromatic rings. The van der Waals surface area contributed by atoms with Gasteiger partial charge in [-0.2, -0.15) is 0 Å². The summed E-state index contributed by atoms with van der Waals surface area (Å²) in [4.78, 5) is 2.47. The van der Waals surface area contributed by atoms with E-state index in [0.29, 0.717) is 13.2 Å². The quantitative estimate of drug-likeness (QED) is 0.520. The highest BCUT2D eigenvalue weighted by molar-refractivity contribution is 5.27. The monoisotopic (exact) mass is 485 g/mol. The Morgan fingerprint density at radius 3 is 2.33 bits per heavy atom. The van der Waals surface area contributed by atoms with Crippen molar-refractivity contribution < 1.29 is 23.7 Å². The van der Waals surface area contributed by atoms with Gasteiger partial charge in [0.25, 0.3) is 0 Å². The lowest BCUT2D eigenvalue weighted by molar-refractivity contribution is -0.344. The minimum atomic E-state index is -0.493. The minimum absolute atomic E-state index is 0.0767. The van der Waals surface area contributed by atoms with Crippen molar-refractivity contribution in [1.82, 2.24) is 4.90 Å². The lowest BCUT2D eigenvalue weighted by Gasteiger charge is -2.47. The van der Waals surface area contributed by atoms with Crippen LogP contribution in [-0.2, 0) is 36.0 Å². The minimum Gasteiger partial charge on any atom is -0.348 e. The fourth-order valence-electron chi connectivity index (χ4n) is 6.32. The average molecular weight is 486 g/mol. The Bertz CT molecular complexity index is 1160. The highest BCUT2D eigenvalue weighted by Gasteiger charge is 2.65. The molecule has 3 aromatic carbocycles. The molecule has 36 heavy (non-hydrogen) atoms. The molecular formula is C30H31NO5. The van der Waals surface area contributed by atoms with Crippen molar-refractivity contribution in [2.75, 3.05) is 13.2 Å². The van der Waals surface area contributed by atoms with Crippen molar-refractivity contribution in [3.05, 3.63) is 108 Å². The summed E-state index contributed by atoms with van der Waals surface area (Å²) in [7, 11) is 0. The number of nitrogens with zero attached hydrogens (tertiary/aromatic N) is 1. The van der Waals surface area contributed by atoms with Crippen LogP contribution in [0.4, 0.5) is 0 Å². The molecule has 4 aliphatic rings. The number of hydrogen-bond acceptors (Lipinski definition) is 6. The molecule has 6 nitrogen and oxygen atoms in total. The predicted octanol–water partition coefficient (Wildman–Crippen LogP) is 4.76. The third kappa shape index (κ3) is 3.80. The summed E-state index contributed by atoms with van der Waals surface area (Å²) < 4.78 is 32.9. The molecule has 0 spiro atoms. The van der Waals surface area contributed by atoms with Crippen molar-refractivity contribution in [1.29, 1.82) is 0 Å². The van der Waals surface area contributed by atoms with E-state index >= 15 is 0 Å². The summed E-state index contributed by atoms with van der Waals surface area (Å²) in [5, 5.41) is 0. The van der Waals surface area contributed by atoms with Crippen LogP contribution in [-0.4, -0.2) is 48.7 Å². The number of rotatable bonds is 5. The second-order valence-electron chi connectivity index (χ2n) is 10.0. The van der Waals surface area contributed by atoms with Crippen LogP contribution in [0, 0.1) is 0 Å². The molecule has 4 saturated heterocycles. The Labute approximate surface area is 211 Å². The molecule has 0 bridgehead atoms. The zero-order chi connectivity index (χ0) is 24.0.